The molecule has 1 unspecified atom stereocenters. The van der Waals surface area contributed by atoms with Gasteiger partial charge in [0, 0.05) is 0 Å². The number of aromatic amines is 1. The van der Waals surface area contributed by atoms with Crippen molar-refractivity contribution in [3.05, 3.63) is 16.7 Å². The first-order valence-electron chi connectivity index (χ1n) is 7.72. The van der Waals surface area contributed by atoms with Crippen molar-refractivity contribution in [2.45, 2.75) is 44.6 Å². The molecule has 0 aliphatic heterocycles. The lowest BCUT2D eigenvalue weighted by molar-refractivity contribution is -0.0820. The summed E-state index contributed by atoms with van der Waals surface area (Å²) in [4.78, 5) is 22.2. The van der Waals surface area contributed by atoms with Crippen LogP contribution in [0.1, 0.15) is 25.7 Å². The number of nitrogen functional groups attached to an aromatic ring is 1. The van der Waals surface area contributed by atoms with Gasteiger partial charge in [-0.15, -0.1) is 0 Å². The highest BCUT2D eigenvalue weighted by molar-refractivity contribution is 5.70. The van der Waals surface area contributed by atoms with Gasteiger partial charge in [0.05, 0.1) is 25.6 Å². The first-order chi connectivity index (χ1) is 11.2. The molecule has 2 aromatic heterocycles. The number of ether oxygens (including phenoxy) is 2. The Morgan fingerprint density at radius 1 is 1.48 bits per heavy atom. The lowest BCUT2D eigenvalue weighted by Gasteiger charge is -2.18. The Bertz CT molecular complexity index is 707. The van der Waals surface area contributed by atoms with E-state index < -0.39 is 11.7 Å². The summed E-state index contributed by atoms with van der Waals surface area (Å²) in [6, 6.07) is 0. The summed E-state index contributed by atoms with van der Waals surface area (Å²) in [5.74, 6) is 0.0209. The number of anilines is 1. The second-order valence-electron chi connectivity index (χ2n) is 5.68. The maximum atomic E-state index is 11.7. The van der Waals surface area contributed by atoms with Crippen LogP contribution in [0.3, 0.4) is 0 Å². The average molecular weight is 323 g/mol. The Kier molecular flexibility index (Phi) is 4.89. The number of hydrogen-bond donors (Lipinski definition) is 3. The van der Waals surface area contributed by atoms with E-state index in [-0.39, 0.29) is 30.9 Å². The Hall–Kier alpha value is -1.97. The molecule has 0 radical (unpaired) electrons. The van der Waals surface area contributed by atoms with Crippen molar-refractivity contribution < 1.29 is 14.6 Å². The van der Waals surface area contributed by atoms with Gasteiger partial charge in [-0.2, -0.15) is 4.98 Å². The van der Waals surface area contributed by atoms with E-state index >= 15 is 0 Å². The zero-order valence-corrected chi connectivity index (χ0v) is 12.8. The minimum absolute atomic E-state index is 0.0209. The number of nitrogens with zero attached hydrogens (tertiary/aromatic N) is 3. The zero-order valence-electron chi connectivity index (χ0n) is 12.8. The van der Waals surface area contributed by atoms with Gasteiger partial charge in [-0.1, -0.05) is 12.8 Å². The number of nitrogens with one attached hydrogen (secondary N) is 1. The van der Waals surface area contributed by atoms with Crippen LogP contribution in [0.4, 0.5) is 5.95 Å². The molecule has 9 heteroatoms. The van der Waals surface area contributed by atoms with Gasteiger partial charge in [-0.3, -0.25) is 14.3 Å². The van der Waals surface area contributed by atoms with Crippen molar-refractivity contribution in [1.29, 1.82) is 0 Å². The number of rotatable bonds is 7. The van der Waals surface area contributed by atoms with Crippen LogP contribution >= 0.6 is 0 Å². The molecule has 0 aromatic carbocycles. The van der Waals surface area contributed by atoms with E-state index in [2.05, 4.69) is 15.0 Å². The summed E-state index contributed by atoms with van der Waals surface area (Å²) in [6.07, 6.45) is 5.80. The summed E-state index contributed by atoms with van der Waals surface area (Å²) in [5, 5.41) is 9.41. The van der Waals surface area contributed by atoms with E-state index in [0.717, 1.165) is 12.8 Å². The van der Waals surface area contributed by atoms with Gasteiger partial charge in [0.25, 0.3) is 5.56 Å². The van der Waals surface area contributed by atoms with Crippen molar-refractivity contribution in [1.82, 2.24) is 19.5 Å². The Morgan fingerprint density at radius 2 is 2.26 bits per heavy atom. The smallest absolute Gasteiger partial charge is 0.280 e. The molecule has 2 heterocycles. The van der Waals surface area contributed by atoms with E-state index in [1.807, 2.05) is 0 Å². The van der Waals surface area contributed by atoms with E-state index in [9.17, 15) is 9.90 Å². The molecule has 1 aliphatic carbocycles. The van der Waals surface area contributed by atoms with Gasteiger partial charge in [0.15, 0.2) is 11.2 Å². The molecule has 3 rings (SSSR count). The number of imidazole rings is 1. The molecule has 126 valence electrons. The third-order valence-electron chi connectivity index (χ3n) is 3.97. The number of H-pyrrole nitrogens is 1. The topological polar surface area (TPSA) is 128 Å². The summed E-state index contributed by atoms with van der Waals surface area (Å²) in [7, 11) is 0. The summed E-state index contributed by atoms with van der Waals surface area (Å²) in [6.45, 7) is 0.297. The molecular formula is C14H21N5O4. The van der Waals surface area contributed by atoms with Gasteiger partial charge in [0.2, 0.25) is 5.95 Å². The molecule has 1 aliphatic rings. The minimum atomic E-state index is -0.438. The standard InChI is InChI=1S/C14H21N5O4/c15-14-17-12-11(13(21)18-14)16-7-19(12)8-23-10(5-20)6-22-9-3-1-2-4-9/h7,9-10,20H,1-6,8H2,(H3,15,17,18,21). The largest absolute Gasteiger partial charge is 0.394 e. The van der Waals surface area contributed by atoms with Crippen molar-refractivity contribution >= 4 is 17.1 Å². The van der Waals surface area contributed by atoms with Crippen LogP contribution in [0.2, 0.25) is 0 Å². The van der Waals surface area contributed by atoms with Crippen LogP contribution in [-0.4, -0.2) is 50.0 Å². The first-order valence-corrected chi connectivity index (χ1v) is 7.72. The highest BCUT2D eigenvalue weighted by Gasteiger charge is 2.18. The molecule has 1 fully saturated rings. The van der Waals surface area contributed by atoms with Gasteiger partial charge in [-0.05, 0) is 12.8 Å². The van der Waals surface area contributed by atoms with E-state index in [4.69, 9.17) is 15.2 Å². The van der Waals surface area contributed by atoms with Gasteiger partial charge in [-0.25, -0.2) is 4.98 Å². The quantitative estimate of drug-likeness (QED) is 0.654. The van der Waals surface area contributed by atoms with E-state index in [1.165, 1.54) is 19.2 Å². The lowest BCUT2D eigenvalue weighted by Crippen LogP contribution is -2.27. The van der Waals surface area contributed by atoms with Crippen LogP contribution in [-0.2, 0) is 16.2 Å². The molecule has 0 spiro atoms. The maximum absolute atomic E-state index is 11.7. The molecule has 9 nitrogen and oxygen atoms in total. The monoisotopic (exact) mass is 323 g/mol. The van der Waals surface area contributed by atoms with Crippen LogP contribution in [0.15, 0.2) is 11.1 Å². The molecular weight excluding hydrogens is 302 g/mol. The predicted molar refractivity (Wildman–Crippen MR) is 82.7 cm³/mol. The van der Waals surface area contributed by atoms with Crippen LogP contribution in [0.25, 0.3) is 11.2 Å². The number of hydrogen-bond acceptors (Lipinski definition) is 7. The van der Waals surface area contributed by atoms with Crippen LogP contribution < -0.4 is 11.3 Å². The van der Waals surface area contributed by atoms with Crippen molar-refractivity contribution in [3.63, 3.8) is 0 Å². The predicted octanol–water partition coefficient (Wildman–Crippen LogP) is -0.00400. The molecule has 23 heavy (non-hydrogen) atoms. The van der Waals surface area contributed by atoms with Crippen LogP contribution in [0, 0.1) is 0 Å². The van der Waals surface area contributed by atoms with Gasteiger partial charge < -0.3 is 20.3 Å². The fraction of sp³-hybridized carbons (Fsp3) is 0.643. The van der Waals surface area contributed by atoms with Crippen molar-refractivity contribution in [3.8, 4) is 0 Å². The third-order valence-corrected chi connectivity index (χ3v) is 3.97. The molecule has 4 N–H and O–H groups in total. The number of aromatic nitrogens is 4. The van der Waals surface area contributed by atoms with Gasteiger partial charge >= 0.3 is 0 Å². The van der Waals surface area contributed by atoms with Crippen LogP contribution in [0.5, 0.6) is 0 Å². The van der Waals surface area contributed by atoms with Crippen molar-refractivity contribution in [2.75, 3.05) is 18.9 Å². The number of nitrogens with two attached hydrogens (primary N) is 1. The highest BCUT2D eigenvalue weighted by atomic mass is 16.5. The maximum Gasteiger partial charge on any atom is 0.280 e. The molecule has 0 saturated heterocycles. The SMILES string of the molecule is Nc1nc2c(ncn2COC(CO)COC2CCCC2)c(=O)[nH]1. The second kappa shape index (κ2) is 7.07. The number of aliphatic hydroxyl groups excluding tert-OH is 1. The first kappa shape index (κ1) is 15.9. The highest BCUT2D eigenvalue weighted by Crippen LogP contribution is 2.21. The van der Waals surface area contributed by atoms with E-state index in [0.29, 0.717) is 12.3 Å². The second-order valence-corrected chi connectivity index (χ2v) is 5.68. The summed E-state index contributed by atoms with van der Waals surface area (Å²) in [5.41, 5.74) is 5.70. The number of fused-ring (bicyclic) bond motifs is 1. The molecule has 1 saturated carbocycles. The Balaban J connectivity index is 1.61. The molecule has 2 aromatic rings. The fourth-order valence-corrected chi connectivity index (χ4v) is 2.70. The van der Waals surface area contributed by atoms with Gasteiger partial charge in [0.1, 0.15) is 12.8 Å². The molecule has 0 bridgehead atoms. The zero-order chi connectivity index (χ0) is 16.2. The minimum Gasteiger partial charge on any atom is -0.394 e. The summed E-state index contributed by atoms with van der Waals surface area (Å²) < 4.78 is 13.0. The average Bonchev–Trinajstić information content (AvgIpc) is 3.17. The van der Waals surface area contributed by atoms with Crippen molar-refractivity contribution in [2.24, 2.45) is 0 Å². The van der Waals surface area contributed by atoms with E-state index in [1.54, 1.807) is 4.57 Å². The fourth-order valence-electron chi connectivity index (χ4n) is 2.70. The Morgan fingerprint density at radius 3 is 3.00 bits per heavy atom. The summed E-state index contributed by atoms with van der Waals surface area (Å²) >= 11 is 0. The Labute approximate surface area is 132 Å². The molecule has 1 atom stereocenters. The third kappa shape index (κ3) is 3.69. The molecule has 0 amide bonds. The number of aliphatic hydroxyl groups is 1. The normalized spacial score (nSPS) is 17.1. The lowest BCUT2D eigenvalue weighted by atomic mass is 10.3.